The molecule has 10 heteroatoms. The van der Waals surface area contributed by atoms with Crippen molar-refractivity contribution < 1.29 is 28.8 Å². The highest BCUT2D eigenvalue weighted by Crippen LogP contribution is 2.40. The molecule has 2 unspecified atom stereocenters. The number of carbonyl (C=O) groups is 3. The Bertz CT molecular complexity index is 1020. The van der Waals surface area contributed by atoms with Gasteiger partial charge in [0.15, 0.2) is 0 Å². The van der Waals surface area contributed by atoms with Crippen molar-refractivity contribution >= 4 is 29.2 Å². The van der Waals surface area contributed by atoms with E-state index in [1.165, 1.54) is 18.2 Å². The summed E-state index contributed by atoms with van der Waals surface area (Å²) in [5, 5.41) is 13.9. The number of esters is 2. The molecule has 2 rings (SSSR count). The Hall–Kier alpha value is -3.56. The first kappa shape index (κ1) is 25.7. The van der Waals surface area contributed by atoms with Gasteiger partial charge in [-0.1, -0.05) is 12.1 Å². The second-order valence-electron chi connectivity index (χ2n) is 8.58. The maximum atomic E-state index is 13.2. The smallest absolute Gasteiger partial charge is 0.325 e. The molecular formula is C23H29N3O7. The molecule has 0 saturated heterocycles. The van der Waals surface area contributed by atoms with E-state index in [1.807, 2.05) is 0 Å². The van der Waals surface area contributed by atoms with Crippen LogP contribution in [0.4, 0.5) is 5.69 Å². The van der Waals surface area contributed by atoms with Crippen LogP contribution in [-0.4, -0.2) is 47.2 Å². The summed E-state index contributed by atoms with van der Waals surface area (Å²) in [6, 6.07) is 5.74. The Morgan fingerprint density at radius 2 is 1.88 bits per heavy atom. The molecule has 1 heterocycles. The second kappa shape index (κ2) is 10.4. The van der Waals surface area contributed by atoms with Crippen molar-refractivity contribution in [3.05, 3.63) is 51.2 Å². The monoisotopic (exact) mass is 459 g/mol. The molecule has 0 aliphatic carbocycles. The SMILES string of the molecule is CCOC(=O)C1C(C)=NC(C)=C(C(=O)NCC(=O)OC(C)(C)C)C1c1cccc([N+](=O)[O-])c1. The number of ether oxygens (including phenoxy) is 2. The lowest BCUT2D eigenvalue weighted by Crippen LogP contribution is -2.41. The molecular weight excluding hydrogens is 430 g/mol. The van der Waals surface area contributed by atoms with Crippen molar-refractivity contribution in [2.45, 2.75) is 53.1 Å². The zero-order valence-corrected chi connectivity index (χ0v) is 19.6. The molecule has 0 fully saturated rings. The molecule has 0 saturated carbocycles. The van der Waals surface area contributed by atoms with Gasteiger partial charge in [0.2, 0.25) is 5.91 Å². The van der Waals surface area contributed by atoms with E-state index >= 15 is 0 Å². The number of hydrogen-bond donors (Lipinski definition) is 1. The summed E-state index contributed by atoms with van der Waals surface area (Å²) in [4.78, 5) is 53.3. The fourth-order valence-corrected chi connectivity index (χ4v) is 3.69. The van der Waals surface area contributed by atoms with Crippen LogP contribution in [0.3, 0.4) is 0 Å². The van der Waals surface area contributed by atoms with Gasteiger partial charge in [0.05, 0.1) is 11.5 Å². The number of rotatable bonds is 7. The first-order chi connectivity index (χ1) is 15.4. The van der Waals surface area contributed by atoms with Gasteiger partial charge in [-0.2, -0.15) is 0 Å². The minimum atomic E-state index is -0.960. The lowest BCUT2D eigenvalue weighted by atomic mass is 9.75. The molecule has 33 heavy (non-hydrogen) atoms. The molecule has 1 aromatic rings. The van der Waals surface area contributed by atoms with Gasteiger partial charge in [-0.25, -0.2) is 0 Å². The Morgan fingerprint density at radius 1 is 1.21 bits per heavy atom. The summed E-state index contributed by atoms with van der Waals surface area (Å²) < 4.78 is 10.4. The molecule has 0 radical (unpaired) electrons. The van der Waals surface area contributed by atoms with Crippen molar-refractivity contribution in [3.8, 4) is 0 Å². The molecule has 0 bridgehead atoms. The van der Waals surface area contributed by atoms with Crippen molar-refractivity contribution in [2.24, 2.45) is 10.9 Å². The number of nitro benzene ring substituents is 1. The Labute approximate surface area is 192 Å². The van der Waals surface area contributed by atoms with Gasteiger partial charge in [-0.05, 0) is 47.1 Å². The molecule has 2 atom stereocenters. The van der Waals surface area contributed by atoms with E-state index in [0.29, 0.717) is 17.0 Å². The van der Waals surface area contributed by atoms with Gasteiger partial charge in [0, 0.05) is 35.0 Å². The standard InChI is InChI=1S/C23H29N3O7/c1-7-32-22(29)19-14(3)25-13(2)18(21(28)24-12-17(27)33-23(4,5)6)20(19)15-9-8-10-16(11-15)26(30)31/h8-11,19-20H,7,12H2,1-6H3,(H,24,28). The lowest BCUT2D eigenvalue weighted by molar-refractivity contribution is -0.384. The van der Waals surface area contributed by atoms with Gasteiger partial charge >= 0.3 is 11.9 Å². The Kier molecular flexibility index (Phi) is 8.08. The third kappa shape index (κ3) is 6.47. The van der Waals surface area contributed by atoms with Crippen LogP contribution in [0.15, 0.2) is 40.5 Å². The summed E-state index contributed by atoms with van der Waals surface area (Å²) in [6.07, 6.45) is 0. The predicted octanol–water partition coefficient (Wildman–Crippen LogP) is 3.06. The minimum absolute atomic E-state index is 0.118. The number of hydrogen-bond acceptors (Lipinski definition) is 8. The van der Waals surface area contributed by atoms with Gasteiger partial charge in [-0.3, -0.25) is 29.5 Å². The summed E-state index contributed by atoms with van der Waals surface area (Å²) in [5.41, 5.74) is 0.379. The van der Waals surface area contributed by atoms with Crippen LogP contribution in [0.5, 0.6) is 0 Å². The highest BCUT2D eigenvalue weighted by molar-refractivity contribution is 6.08. The largest absolute Gasteiger partial charge is 0.465 e. The first-order valence-electron chi connectivity index (χ1n) is 10.5. The van der Waals surface area contributed by atoms with Crippen LogP contribution in [0.1, 0.15) is 53.0 Å². The second-order valence-corrected chi connectivity index (χ2v) is 8.58. The fraction of sp³-hybridized carbons (Fsp3) is 0.478. The number of non-ortho nitro benzene ring substituents is 1. The van der Waals surface area contributed by atoms with Gasteiger partial charge in [-0.15, -0.1) is 0 Å². The number of nitro groups is 1. The van der Waals surface area contributed by atoms with Crippen molar-refractivity contribution in [1.29, 1.82) is 0 Å². The van der Waals surface area contributed by atoms with Crippen LogP contribution in [0.25, 0.3) is 0 Å². The van der Waals surface area contributed by atoms with E-state index in [-0.39, 0.29) is 24.4 Å². The number of carbonyl (C=O) groups excluding carboxylic acids is 3. The lowest BCUT2D eigenvalue weighted by Gasteiger charge is -2.32. The number of nitrogens with one attached hydrogen (secondary N) is 1. The minimum Gasteiger partial charge on any atom is -0.465 e. The van der Waals surface area contributed by atoms with Crippen LogP contribution in [-0.2, 0) is 23.9 Å². The van der Waals surface area contributed by atoms with Gasteiger partial charge in [0.25, 0.3) is 5.69 Å². The maximum Gasteiger partial charge on any atom is 0.325 e. The predicted molar refractivity (Wildman–Crippen MR) is 121 cm³/mol. The summed E-state index contributed by atoms with van der Waals surface area (Å²) >= 11 is 0. The third-order valence-electron chi connectivity index (χ3n) is 4.87. The van der Waals surface area contributed by atoms with E-state index in [4.69, 9.17) is 9.47 Å². The molecule has 0 aromatic heterocycles. The normalized spacial score (nSPS) is 18.3. The van der Waals surface area contributed by atoms with E-state index in [0.717, 1.165) is 0 Å². The van der Waals surface area contributed by atoms with Crippen LogP contribution < -0.4 is 5.32 Å². The number of aliphatic imine (C=N–C) groups is 1. The van der Waals surface area contributed by atoms with Gasteiger partial charge < -0.3 is 14.8 Å². The third-order valence-corrected chi connectivity index (χ3v) is 4.87. The average Bonchev–Trinajstić information content (AvgIpc) is 2.70. The zero-order chi connectivity index (χ0) is 24.9. The van der Waals surface area contributed by atoms with Gasteiger partial charge in [0.1, 0.15) is 18.1 Å². The van der Waals surface area contributed by atoms with Crippen LogP contribution in [0, 0.1) is 16.0 Å². The molecule has 1 aromatic carbocycles. The van der Waals surface area contributed by atoms with E-state index in [2.05, 4.69) is 10.3 Å². The molecule has 0 spiro atoms. The van der Waals surface area contributed by atoms with Crippen molar-refractivity contribution in [2.75, 3.05) is 13.2 Å². The topological polar surface area (TPSA) is 137 Å². The molecule has 1 amide bonds. The number of benzene rings is 1. The number of amides is 1. The van der Waals surface area contributed by atoms with E-state index < -0.39 is 40.2 Å². The quantitative estimate of drug-likeness (QED) is 0.376. The summed E-state index contributed by atoms with van der Waals surface area (Å²) in [7, 11) is 0. The molecule has 1 aliphatic heterocycles. The number of allylic oxidation sites excluding steroid dienone is 1. The van der Waals surface area contributed by atoms with Crippen LogP contribution in [0.2, 0.25) is 0 Å². The molecule has 1 N–H and O–H groups in total. The molecule has 178 valence electrons. The fourth-order valence-electron chi connectivity index (χ4n) is 3.69. The zero-order valence-electron chi connectivity index (χ0n) is 19.6. The highest BCUT2D eigenvalue weighted by atomic mass is 16.6. The maximum absolute atomic E-state index is 13.2. The first-order valence-corrected chi connectivity index (χ1v) is 10.5. The van der Waals surface area contributed by atoms with Crippen molar-refractivity contribution in [1.82, 2.24) is 5.32 Å². The van der Waals surface area contributed by atoms with E-state index in [9.17, 15) is 24.5 Å². The molecule has 1 aliphatic rings. The molecule has 10 nitrogen and oxygen atoms in total. The summed E-state index contributed by atoms with van der Waals surface area (Å²) in [5.74, 6) is -3.70. The average molecular weight is 459 g/mol. The summed E-state index contributed by atoms with van der Waals surface area (Å²) in [6.45, 7) is 9.77. The Balaban J connectivity index is 2.50. The highest BCUT2D eigenvalue weighted by Gasteiger charge is 2.42. The van der Waals surface area contributed by atoms with Crippen molar-refractivity contribution in [3.63, 3.8) is 0 Å². The van der Waals surface area contributed by atoms with E-state index in [1.54, 1.807) is 47.6 Å². The number of nitrogens with zero attached hydrogens (tertiary/aromatic N) is 2. The van der Waals surface area contributed by atoms with Crippen LogP contribution >= 0.6 is 0 Å². The Morgan fingerprint density at radius 3 is 2.45 bits per heavy atom.